The van der Waals surface area contributed by atoms with Gasteiger partial charge in [0.15, 0.2) is 11.5 Å². The van der Waals surface area contributed by atoms with Gasteiger partial charge in [0.2, 0.25) is 12.7 Å². The lowest BCUT2D eigenvalue weighted by molar-refractivity contribution is -0.120. The summed E-state index contributed by atoms with van der Waals surface area (Å²) in [6.45, 7) is 0.684. The van der Waals surface area contributed by atoms with Crippen LogP contribution in [-0.4, -0.2) is 12.7 Å². The Kier molecular flexibility index (Phi) is 5.30. The highest BCUT2D eigenvalue weighted by atomic mass is 32.2. The highest BCUT2D eigenvalue weighted by Crippen LogP contribution is 2.36. The Morgan fingerprint density at radius 2 is 1.63 bits per heavy atom. The zero-order valence-electron chi connectivity index (χ0n) is 14.6. The normalized spacial score (nSPS) is 13.2. The number of carbonyl (C=O) groups is 1. The molecule has 1 aliphatic rings. The highest BCUT2D eigenvalue weighted by Gasteiger charge is 2.22. The summed E-state index contributed by atoms with van der Waals surface area (Å²) in [6.07, 6.45) is 0. The molecule has 0 radical (unpaired) electrons. The molecular weight excluding hydrogens is 358 g/mol. The smallest absolute Gasteiger partial charge is 0.238 e. The van der Waals surface area contributed by atoms with E-state index in [1.807, 2.05) is 78.9 Å². The van der Waals surface area contributed by atoms with Crippen LogP contribution in [0.1, 0.15) is 16.4 Å². The zero-order valence-corrected chi connectivity index (χ0v) is 15.4. The topological polar surface area (TPSA) is 47.6 Å². The van der Waals surface area contributed by atoms with E-state index < -0.39 is 0 Å². The molecule has 0 saturated heterocycles. The van der Waals surface area contributed by atoms with Crippen LogP contribution < -0.4 is 14.8 Å². The van der Waals surface area contributed by atoms with Gasteiger partial charge in [-0.3, -0.25) is 4.79 Å². The molecule has 0 unspecified atom stereocenters. The zero-order chi connectivity index (χ0) is 18.5. The summed E-state index contributed by atoms with van der Waals surface area (Å²) in [5, 5.41) is 2.74. The number of thioether (sulfide) groups is 1. The van der Waals surface area contributed by atoms with Crippen LogP contribution in [0.3, 0.4) is 0 Å². The lowest BCUT2D eigenvalue weighted by Gasteiger charge is -2.17. The monoisotopic (exact) mass is 377 g/mol. The van der Waals surface area contributed by atoms with E-state index in [0.29, 0.717) is 6.54 Å². The van der Waals surface area contributed by atoms with E-state index in [1.54, 1.807) is 11.8 Å². The van der Waals surface area contributed by atoms with E-state index >= 15 is 0 Å². The second-order valence-electron chi connectivity index (χ2n) is 6.13. The van der Waals surface area contributed by atoms with E-state index in [-0.39, 0.29) is 18.0 Å². The predicted molar refractivity (Wildman–Crippen MR) is 106 cm³/mol. The van der Waals surface area contributed by atoms with Crippen molar-refractivity contribution in [3.63, 3.8) is 0 Å². The molecule has 27 heavy (non-hydrogen) atoms. The van der Waals surface area contributed by atoms with E-state index in [1.165, 1.54) is 0 Å². The molecule has 0 fully saturated rings. The van der Waals surface area contributed by atoms with Crippen LogP contribution in [0, 0.1) is 0 Å². The number of ether oxygens (including phenoxy) is 2. The van der Waals surface area contributed by atoms with Crippen LogP contribution in [0.15, 0.2) is 83.8 Å². The van der Waals surface area contributed by atoms with Gasteiger partial charge < -0.3 is 14.8 Å². The Labute approximate surface area is 162 Å². The highest BCUT2D eigenvalue weighted by molar-refractivity contribution is 8.00. The Bertz CT molecular complexity index is 915. The van der Waals surface area contributed by atoms with E-state index in [2.05, 4.69) is 5.32 Å². The molecule has 3 aromatic carbocycles. The van der Waals surface area contributed by atoms with Crippen LogP contribution in [-0.2, 0) is 11.3 Å². The maximum atomic E-state index is 13.0. The molecule has 0 spiro atoms. The van der Waals surface area contributed by atoms with Crippen molar-refractivity contribution >= 4 is 17.7 Å². The van der Waals surface area contributed by atoms with Gasteiger partial charge in [0.1, 0.15) is 5.25 Å². The number of benzene rings is 3. The summed E-state index contributed by atoms with van der Waals surface area (Å²) in [5.41, 5.74) is 1.96. The fourth-order valence-electron chi connectivity index (χ4n) is 2.87. The first-order valence-electron chi connectivity index (χ1n) is 8.72. The molecule has 1 heterocycles. The Morgan fingerprint density at radius 1 is 0.926 bits per heavy atom. The third kappa shape index (κ3) is 4.26. The Hall–Kier alpha value is -2.92. The molecule has 4 nitrogen and oxygen atoms in total. The summed E-state index contributed by atoms with van der Waals surface area (Å²) >= 11 is 1.55. The summed E-state index contributed by atoms with van der Waals surface area (Å²) in [4.78, 5) is 14.0. The molecule has 0 aliphatic carbocycles. The summed E-state index contributed by atoms with van der Waals surface area (Å²) < 4.78 is 10.7. The van der Waals surface area contributed by atoms with Crippen LogP contribution in [0.5, 0.6) is 11.5 Å². The molecule has 1 amide bonds. The van der Waals surface area contributed by atoms with Crippen molar-refractivity contribution in [3.05, 3.63) is 90.0 Å². The molecule has 0 saturated carbocycles. The average Bonchev–Trinajstić information content (AvgIpc) is 3.19. The van der Waals surface area contributed by atoms with E-state index in [9.17, 15) is 4.79 Å². The SMILES string of the molecule is O=C(NCc1ccc2c(c1)OCO2)[C@@H](Sc1ccccc1)c1ccccc1. The molecule has 1 atom stereocenters. The largest absolute Gasteiger partial charge is 0.454 e. The lowest BCUT2D eigenvalue weighted by Crippen LogP contribution is -2.27. The first-order chi connectivity index (χ1) is 13.3. The molecule has 136 valence electrons. The van der Waals surface area contributed by atoms with E-state index in [0.717, 1.165) is 27.5 Å². The first-order valence-corrected chi connectivity index (χ1v) is 9.60. The molecular formula is C22H19NO3S. The van der Waals surface area contributed by atoms with Crippen molar-refractivity contribution in [2.24, 2.45) is 0 Å². The van der Waals surface area contributed by atoms with Gasteiger partial charge in [-0.2, -0.15) is 0 Å². The second-order valence-corrected chi connectivity index (χ2v) is 7.31. The van der Waals surface area contributed by atoms with Crippen LogP contribution in [0.25, 0.3) is 0 Å². The number of nitrogens with one attached hydrogen (secondary N) is 1. The van der Waals surface area contributed by atoms with Gasteiger partial charge in [-0.15, -0.1) is 11.8 Å². The number of rotatable bonds is 6. The molecule has 3 aromatic rings. The number of hydrogen-bond acceptors (Lipinski definition) is 4. The van der Waals surface area contributed by atoms with Crippen molar-refractivity contribution in [1.29, 1.82) is 0 Å². The maximum absolute atomic E-state index is 13.0. The average molecular weight is 377 g/mol. The standard InChI is InChI=1S/C22H19NO3S/c24-22(23-14-16-11-12-19-20(13-16)26-15-25-19)21(17-7-3-1-4-8-17)27-18-9-5-2-6-10-18/h1-13,21H,14-15H2,(H,23,24)/t21-/m0/s1. The summed E-state index contributed by atoms with van der Waals surface area (Å²) in [5.74, 6) is 1.44. The maximum Gasteiger partial charge on any atom is 0.238 e. The third-order valence-electron chi connectivity index (χ3n) is 4.24. The first kappa shape index (κ1) is 17.5. The number of fused-ring (bicyclic) bond motifs is 1. The number of hydrogen-bond donors (Lipinski definition) is 1. The van der Waals surface area contributed by atoms with Gasteiger partial charge in [0, 0.05) is 11.4 Å². The fraction of sp³-hybridized carbons (Fsp3) is 0.136. The van der Waals surface area contributed by atoms with Gasteiger partial charge in [0.25, 0.3) is 0 Å². The molecule has 1 aliphatic heterocycles. The van der Waals surface area contributed by atoms with E-state index in [4.69, 9.17) is 9.47 Å². The number of carbonyl (C=O) groups excluding carboxylic acids is 1. The number of amides is 1. The minimum Gasteiger partial charge on any atom is -0.454 e. The van der Waals surface area contributed by atoms with Crippen LogP contribution in [0.2, 0.25) is 0 Å². The van der Waals surface area contributed by atoms with Gasteiger partial charge >= 0.3 is 0 Å². The molecule has 0 bridgehead atoms. The van der Waals surface area contributed by atoms with Crippen LogP contribution in [0.4, 0.5) is 0 Å². The Morgan fingerprint density at radius 3 is 2.41 bits per heavy atom. The fourth-order valence-corrected chi connectivity index (χ4v) is 3.94. The summed E-state index contributed by atoms with van der Waals surface area (Å²) in [7, 11) is 0. The van der Waals surface area contributed by atoms with Crippen molar-refractivity contribution in [3.8, 4) is 11.5 Å². The van der Waals surface area contributed by atoms with Crippen molar-refractivity contribution in [2.45, 2.75) is 16.7 Å². The third-order valence-corrected chi connectivity index (χ3v) is 5.51. The van der Waals surface area contributed by atoms with Crippen molar-refractivity contribution in [1.82, 2.24) is 5.32 Å². The Balaban J connectivity index is 1.48. The minimum absolute atomic E-state index is 0.0206. The van der Waals surface area contributed by atoms with Crippen LogP contribution >= 0.6 is 11.8 Å². The lowest BCUT2D eigenvalue weighted by atomic mass is 10.1. The quantitative estimate of drug-likeness (QED) is 0.640. The summed E-state index contributed by atoms with van der Waals surface area (Å²) in [6, 6.07) is 25.5. The van der Waals surface area contributed by atoms with Gasteiger partial charge in [-0.1, -0.05) is 54.6 Å². The molecule has 5 heteroatoms. The van der Waals surface area contributed by atoms with Gasteiger partial charge in [-0.25, -0.2) is 0 Å². The van der Waals surface area contributed by atoms with Crippen molar-refractivity contribution in [2.75, 3.05) is 6.79 Å². The van der Waals surface area contributed by atoms with Gasteiger partial charge in [0.05, 0.1) is 0 Å². The molecule has 4 rings (SSSR count). The second kappa shape index (κ2) is 8.18. The molecule has 1 N–H and O–H groups in total. The molecule has 0 aromatic heterocycles. The van der Waals surface area contributed by atoms with Gasteiger partial charge in [-0.05, 0) is 35.4 Å². The predicted octanol–water partition coefficient (Wildman–Crippen LogP) is 4.57. The minimum atomic E-state index is -0.317. The van der Waals surface area contributed by atoms with Crippen molar-refractivity contribution < 1.29 is 14.3 Å².